The number of esters is 1. The summed E-state index contributed by atoms with van der Waals surface area (Å²) in [5.74, 6) is 0.261. The summed E-state index contributed by atoms with van der Waals surface area (Å²) >= 11 is 0. The highest BCUT2D eigenvalue weighted by atomic mass is 35.5. The maximum atomic E-state index is 14.2. The molecule has 1 N–H and O–H groups in total. The number of rotatable bonds is 5. The molecule has 1 aliphatic heterocycles. The average molecular weight is 380 g/mol. The van der Waals surface area contributed by atoms with E-state index in [0.717, 1.165) is 35.2 Å². The number of carbonyl (C=O) groups excluding carboxylic acids is 1. The number of methoxy groups -OCH3 is 1. The lowest BCUT2D eigenvalue weighted by atomic mass is 9.89. The summed E-state index contributed by atoms with van der Waals surface area (Å²) in [6, 6.07) is 8.94. The Bertz CT molecular complexity index is 795. The smallest absolute Gasteiger partial charge is 0.310 e. The second-order valence-electron chi connectivity index (χ2n) is 6.00. The summed E-state index contributed by atoms with van der Waals surface area (Å²) in [7, 11) is 1.61. The normalized spacial score (nSPS) is 12.7. The van der Waals surface area contributed by atoms with Crippen LogP contribution in [0.15, 0.2) is 30.3 Å². The molecule has 0 bridgehead atoms. The summed E-state index contributed by atoms with van der Waals surface area (Å²) in [4.78, 5) is 11.8. The first kappa shape index (κ1) is 20.2. The summed E-state index contributed by atoms with van der Waals surface area (Å²) in [5, 5.41) is 3.21. The molecule has 1 heterocycles. The van der Waals surface area contributed by atoms with Crippen molar-refractivity contribution in [3.8, 4) is 16.9 Å². The van der Waals surface area contributed by atoms with Gasteiger partial charge in [-0.15, -0.1) is 12.4 Å². The minimum absolute atomic E-state index is 0. The molecule has 2 aromatic carbocycles. The molecule has 1 aliphatic rings. The lowest BCUT2D eigenvalue weighted by Crippen LogP contribution is -2.25. The van der Waals surface area contributed by atoms with Gasteiger partial charge in [0.15, 0.2) is 0 Å². The Morgan fingerprint density at radius 1 is 1.19 bits per heavy atom. The van der Waals surface area contributed by atoms with E-state index < -0.39 is 0 Å². The lowest BCUT2D eigenvalue weighted by molar-refractivity contribution is -0.142. The van der Waals surface area contributed by atoms with Crippen molar-refractivity contribution in [2.24, 2.45) is 0 Å². The molecule has 0 amide bonds. The number of halogens is 2. The third-order valence-corrected chi connectivity index (χ3v) is 4.44. The van der Waals surface area contributed by atoms with Gasteiger partial charge in [0.25, 0.3) is 0 Å². The Morgan fingerprint density at radius 3 is 2.73 bits per heavy atom. The van der Waals surface area contributed by atoms with E-state index in [9.17, 15) is 9.18 Å². The van der Waals surface area contributed by atoms with Crippen molar-refractivity contribution in [2.75, 3.05) is 20.3 Å². The van der Waals surface area contributed by atoms with Gasteiger partial charge in [-0.3, -0.25) is 4.79 Å². The summed E-state index contributed by atoms with van der Waals surface area (Å²) in [6.07, 6.45) is 0.962. The van der Waals surface area contributed by atoms with Crippen LogP contribution in [0.4, 0.5) is 4.39 Å². The molecule has 4 nitrogen and oxygen atoms in total. The summed E-state index contributed by atoms with van der Waals surface area (Å²) < 4.78 is 24.7. The van der Waals surface area contributed by atoms with Gasteiger partial charge in [-0.25, -0.2) is 4.39 Å². The Hall–Kier alpha value is -2.11. The van der Waals surface area contributed by atoms with E-state index >= 15 is 0 Å². The molecule has 0 radical (unpaired) electrons. The minimum atomic E-state index is -0.260. The highest BCUT2D eigenvalue weighted by Crippen LogP contribution is 2.36. The second kappa shape index (κ2) is 9.01. The van der Waals surface area contributed by atoms with Gasteiger partial charge in [-0.1, -0.05) is 12.1 Å². The van der Waals surface area contributed by atoms with Gasteiger partial charge in [-0.2, -0.15) is 0 Å². The van der Waals surface area contributed by atoms with Crippen molar-refractivity contribution in [1.29, 1.82) is 0 Å². The molecule has 0 fully saturated rings. The molecule has 140 valence electrons. The zero-order valence-corrected chi connectivity index (χ0v) is 15.7. The van der Waals surface area contributed by atoms with Gasteiger partial charge in [0, 0.05) is 17.7 Å². The Balaban J connectivity index is 0.00000243. The number of benzene rings is 2. The maximum absolute atomic E-state index is 14.2. The maximum Gasteiger partial charge on any atom is 0.310 e. The largest absolute Gasteiger partial charge is 0.496 e. The van der Waals surface area contributed by atoms with E-state index in [2.05, 4.69) is 5.32 Å². The highest BCUT2D eigenvalue weighted by Gasteiger charge is 2.20. The van der Waals surface area contributed by atoms with Gasteiger partial charge in [0.05, 0.1) is 20.1 Å². The second-order valence-corrected chi connectivity index (χ2v) is 6.00. The molecule has 2 aromatic rings. The van der Waals surface area contributed by atoms with Gasteiger partial charge < -0.3 is 14.8 Å². The van der Waals surface area contributed by atoms with Crippen molar-refractivity contribution < 1.29 is 18.7 Å². The van der Waals surface area contributed by atoms with Crippen molar-refractivity contribution in [2.45, 2.75) is 26.3 Å². The third-order valence-electron chi connectivity index (χ3n) is 4.44. The first-order valence-corrected chi connectivity index (χ1v) is 8.48. The summed E-state index contributed by atoms with van der Waals surface area (Å²) in [5.41, 5.74) is 4.40. The van der Waals surface area contributed by atoms with Gasteiger partial charge in [-0.05, 0) is 54.8 Å². The quantitative estimate of drug-likeness (QED) is 0.805. The van der Waals surface area contributed by atoms with Crippen LogP contribution in [0.1, 0.15) is 23.6 Å². The lowest BCUT2D eigenvalue weighted by Gasteiger charge is -2.22. The fourth-order valence-corrected chi connectivity index (χ4v) is 3.27. The van der Waals surface area contributed by atoms with Crippen LogP contribution in [0.3, 0.4) is 0 Å². The first-order chi connectivity index (χ1) is 12.1. The van der Waals surface area contributed by atoms with Crippen molar-refractivity contribution >= 4 is 18.4 Å². The molecule has 0 aliphatic carbocycles. The molecule has 0 saturated heterocycles. The van der Waals surface area contributed by atoms with Gasteiger partial charge >= 0.3 is 5.97 Å². The Labute approximate surface area is 159 Å². The fraction of sp³-hybridized carbons (Fsp3) is 0.350. The van der Waals surface area contributed by atoms with E-state index in [4.69, 9.17) is 9.47 Å². The van der Waals surface area contributed by atoms with Crippen LogP contribution in [-0.4, -0.2) is 26.2 Å². The minimum Gasteiger partial charge on any atom is -0.496 e. The van der Waals surface area contributed by atoms with E-state index in [1.807, 2.05) is 18.2 Å². The highest BCUT2D eigenvalue weighted by molar-refractivity contribution is 5.85. The molecule has 26 heavy (non-hydrogen) atoms. The molecule has 0 atom stereocenters. The predicted octanol–water partition coefficient (Wildman–Crippen LogP) is 3.67. The molecule has 0 spiro atoms. The molecular weight excluding hydrogens is 357 g/mol. The first-order valence-electron chi connectivity index (χ1n) is 8.48. The van der Waals surface area contributed by atoms with Crippen LogP contribution >= 0.6 is 12.4 Å². The number of nitrogens with one attached hydrogen (secondary N) is 1. The number of hydrogen-bond acceptors (Lipinski definition) is 4. The topological polar surface area (TPSA) is 47.6 Å². The molecular formula is C20H23ClFNO3. The van der Waals surface area contributed by atoms with Crippen LogP contribution in [0.25, 0.3) is 11.1 Å². The molecule has 0 unspecified atom stereocenters. The van der Waals surface area contributed by atoms with Gasteiger partial charge in [0.1, 0.15) is 11.6 Å². The number of fused-ring (bicyclic) bond motifs is 1. The van der Waals surface area contributed by atoms with E-state index in [-0.39, 0.29) is 30.6 Å². The van der Waals surface area contributed by atoms with Crippen molar-refractivity contribution in [1.82, 2.24) is 5.32 Å². The number of ether oxygens (including phenoxy) is 2. The van der Waals surface area contributed by atoms with Crippen LogP contribution < -0.4 is 10.1 Å². The number of carbonyl (C=O) groups is 1. The van der Waals surface area contributed by atoms with Crippen LogP contribution in [-0.2, 0) is 28.9 Å². The zero-order chi connectivity index (χ0) is 17.8. The third kappa shape index (κ3) is 4.17. The zero-order valence-electron chi connectivity index (χ0n) is 14.9. The molecule has 0 saturated carbocycles. The molecule has 3 rings (SSSR count). The number of hydrogen-bond donors (Lipinski definition) is 1. The van der Waals surface area contributed by atoms with E-state index in [1.165, 1.54) is 6.07 Å². The van der Waals surface area contributed by atoms with E-state index in [0.29, 0.717) is 24.5 Å². The SMILES string of the molecule is CCOC(=O)Cc1ccc(OC)c(-c2ccc(F)c3c2CCNC3)c1.Cl. The molecule has 6 heteroatoms. The van der Waals surface area contributed by atoms with E-state index in [1.54, 1.807) is 20.1 Å². The fourth-order valence-electron chi connectivity index (χ4n) is 3.27. The van der Waals surface area contributed by atoms with Crippen LogP contribution in [0.5, 0.6) is 5.75 Å². The summed E-state index contributed by atoms with van der Waals surface area (Å²) in [6.45, 7) is 3.49. The monoisotopic (exact) mass is 379 g/mol. The Morgan fingerprint density at radius 2 is 2.00 bits per heavy atom. The average Bonchev–Trinajstić information content (AvgIpc) is 2.62. The molecule has 0 aromatic heterocycles. The van der Waals surface area contributed by atoms with Crippen molar-refractivity contribution in [3.63, 3.8) is 0 Å². The predicted molar refractivity (Wildman–Crippen MR) is 101 cm³/mol. The van der Waals surface area contributed by atoms with Crippen LogP contribution in [0, 0.1) is 5.82 Å². The van der Waals surface area contributed by atoms with Gasteiger partial charge in [0.2, 0.25) is 0 Å². The Kier molecular flexibility index (Phi) is 7.00. The van der Waals surface area contributed by atoms with Crippen molar-refractivity contribution in [3.05, 3.63) is 52.8 Å². The van der Waals surface area contributed by atoms with Crippen LogP contribution in [0.2, 0.25) is 0 Å². The standard InChI is InChI=1S/C20H22FNO3.ClH/c1-3-25-20(23)11-13-4-7-19(24-2)16(10-13)14-5-6-18(21)17-12-22-9-8-15(14)17;/h4-7,10,22H,3,8-9,11-12H2,1-2H3;1H.